The van der Waals surface area contributed by atoms with Gasteiger partial charge in [0, 0.05) is 0 Å². The van der Waals surface area contributed by atoms with Gasteiger partial charge in [0.1, 0.15) is 5.52 Å². The van der Waals surface area contributed by atoms with Gasteiger partial charge < -0.3 is 10.7 Å². The molecular weight excluding hydrogens is 276 g/mol. The third-order valence-electron chi connectivity index (χ3n) is 2.89. The Labute approximate surface area is 115 Å². The predicted octanol–water partition coefficient (Wildman–Crippen LogP) is -0.943. The zero-order chi connectivity index (χ0) is 14.4. The molecular formula is C10H9N10O+. The molecule has 4 aromatic heterocycles. The summed E-state index contributed by atoms with van der Waals surface area (Å²) in [6.07, 6.45) is 2.88. The lowest BCUT2D eigenvalue weighted by molar-refractivity contribution is -0.352. The standard InChI is InChI=1S/C10H8N10O/c11-5-3-6(13-1-12-3)18-10(17-5)20-9-16-4-7(19-9)14-2-15-8(4)21/h1-2H,(H6,11,12,13,14,15,16,17,18,19,20,21)/p+1. The SMILES string of the molecule is Nc1nc(Nc2nc3[nH+]c[nH]c(=O)c3[nH]2)nc2nc[nH]c12. The fraction of sp³-hybridized carbons (Fsp3) is 0. The van der Waals surface area contributed by atoms with Crippen molar-refractivity contribution < 1.29 is 4.98 Å². The Morgan fingerprint density at radius 2 is 2.10 bits per heavy atom. The van der Waals surface area contributed by atoms with E-state index in [9.17, 15) is 4.79 Å². The molecule has 0 unspecified atom stereocenters. The molecule has 0 bridgehead atoms. The van der Waals surface area contributed by atoms with Gasteiger partial charge in [0.2, 0.25) is 11.5 Å². The summed E-state index contributed by atoms with van der Waals surface area (Å²) in [5.74, 6) is 0.801. The van der Waals surface area contributed by atoms with Crippen LogP contribution in [0.3, 0.4) is 0 Å². The molecule has 0 amide bonds. The smallest absolute Gasteiger partial charge is 0.334 e. The second-order valence-corrected chi connectivity index (χ2v) is 4.23. The molecule has 0 aliphatic rings. The number of hydrogen-bond donors (Lipinski definition) is 5. The minimum absolute atomic E-state index is 0.225. The number of hydrogen-bond acceptors (Lipinski definition) is 7. The van der Waals surface area contributed by atoms with Gasteiger partial charge in [-0.15, -0.1) is 0 Å². The van der Waals surface area contributed by atoms with Gasteiger partial charge in [0.15, 0.2) is 17.8 Å². The fourth-order valence-corrected chi connectivity index (χ4v) is 1.96. The molecule has 0 saturated carbocycles. The van der Waals surface area contributed by atoms with E-state index in [1.165, 1.54) is 12.7 Å². The maximum Gasteiger partial charge on any atom is 0.334 e. The van der Waals surface area contributed by atoms with Crippen LogP contribution in [0.5, 0.6) is 0 Å². The van der Waals surface area contributed by atoms with Gasteiger partial charge >= 0.3 is 5.56 Å². The van der Waals surface area contributed by atoms with Crippen molar-refractivity contribution in [3.8, 4) is 0 Å². The number of anilines is 3. The topological polar surface area (TPSA) is 168 Å². The first-order valence-corrected chi connectivity index (χ1v) is 5.93. The summed E-state index contributed by atoms with van der Waals surface area (Å²) in [6.45, 7) is 0. The number of H-pyrrole nitrogens is 4. The zero-order valence-corrected chi connectivity index (χ0v) is 10.4. The second kappa shape index (κ2) is 4.00. The molecule has 0 aliphatic carbocycles. The van der Waals surface area contributed by atoms with Gasteiger partial charge in [-0.3, -0.25) is 10.3 Å². The third-order valence-corrected chi connectivity index (χ3v) is 2.89. The van der Waals surface area contributed by atoms with E-state index in [4.69, 9.17) is 5.73 Å². The largest absolute Gasteiger partial charge is 0.382 e. The van der Waals surface area contributed by atoms with Crippen molar-refractivity contribution in [2.45, 2.75) is 0 Å². The quantitative estimate of drug-likeness (QED) is 0.316. The van der Waals surface area contributed by atoms with Crippen molar-refractivity contribution in [2.24, 2.45) is 0 Å². The van der Waals surface area contributed by atoms with E-state index >= 15 is 0 Å². The molecule has 7 N–H and O–H groups in total. The fourth-order valence-electron chi connectivity index (χ4n) is 1.96. The third kappa shape index (κ3) is 1.75. The number of imidazole rings is 2. The van der Waals surface area contributed by atoms with Gasteiger partial charge in [0.25, 0.3) is 11.6 Å². The summed E-state index contributed by atoms with van der Waals surface area (Å²) in [5.41, 5.74) is 7.24. The van der Waals surface area contributed by atoms with Crippen LogP contribution in [0.2, 0.25) is 0 Å². The Morgan fingerprint density at radius 3 is 2.95 bits per heavy atom. The lowest BCUT2D eigenvalue weighted by atomic mass is 10.5. The minimum Gasteiger partial charge on any atom is -0.382 e. The molecule has 0 fully saturated rings. The number of aromatic nitrogens is 8. The molecule has 4 heterocycles. The van der Waals surface area contributed by atoms with E-state index in [-0.39, 0.29) is 17.3 Å². The van der Waals surface area contributed by atoms with Crippen LogP contribution in [0.1, 0.15) is 0 Å². The van der Waals surface area contributed by atoms with Gasteiger partial charge in [-0.2, -0.15) is 9.97 Å². The van der Waals surface area contributed by atoms with E-state index in [0.29, 0.717) is 28.3 Å². The molecule has 0 aromatic carbocycles. The van der Waals surface area contributed by atoms with Gasteiger partial charge in [0.05, 0.1) is 6.33 Å². The summed E-state index contributed by atoms with van der Waals surface area (Å²) in [6, 6.07) is 0. The minimum atomic E-state index is -0.285. The van der Waals surface area contributed by atoms with E-state index in [1.807, 2.05) is 0 Å². The lowest BCUT2D eigenvalue weighted by Crippen LogP contribution is -2.15. The summed E-state index contributed by atoms with van der Waals surface area (Å²) >= 11 is 0. The predicted molar refractivity (Wildman–Crippen MR) is 72.6 cm³/mol. The summed E-state index contributed by atoms with van der Waals surface area (Å²) in [5, 5.41) is 2.85. The average Bonchev–Trinajstić information content (AvgIpc) is 3.06. The van der Waals surface area contributed by atoms with E-state index in [0.717, 1.165) is 0 Å². The Hall–Kier alpha value is -3.50. The second-order valence-electron chi connectivity index (χ2n) is 4.23. The number of nitrogens with one attached hydrogen (secondary N) is 5. The van der Waals surface area contributed by atoms with Gasteiger partial charge in [-0.25, -0.2) is 19.7 Å². The molecule has 4 aromatic rings. The Balaban J connectivity index is 1.78. The van der Waals surface area contributed by atoms with Crippen LogP contribution in [0.25, 0.3) is 22.3 Å². The Kier molecular flexibility index (Phi) is 2.16. The van der Waals surface area contributed by atoms with Crippen LogP contribution >= 0.6 is 0 Å². The van der Waals surface area contributed by atoms with Crippen molar-refractivity contribution in [3.63, 3.8) is 0 Å². The van der Waals surface area contributed by atoms with Crippen molar-refractivity contribution in [1.82, 2.24) is 34.9 Å². The van der Waals surface area contributed by atoms with Crippen molar-refractivity contribution in [2.75, 3.05) is 11.1 Å². The van der Waals surface area contributed by atoms with Crippen LogP contribution in [-0.4, -0.2) is 34.9 Å². The van der Waals surface area contributed by atoms with Crippen LogP contribution in [0, 0.1) is 0 Å². The Bertz CT molecular complexity index is 1010. The Morgan fingerprint density at radius 1 is 1.19 bits per heavy atom. The van der Waals surface area contributed by atoms with Crippen LogP contribution in [-0.2, 0) is 0 Å². The van der Waals surface area contributed by atoms with Crippen LogP contribution in [0.15, 0.2) is 17.4 Å². The average molecular weight is 285 g/mol. The molecule has 0 saturated heterocycles. The lowest BCUT2D eigenvalue weighted by Gasteiger charge is -2.00. The molecule has 104 valence electrons. The first-order valence-electron chi connectivity index (χ1n) is 5.93. The van der Waals surface area contributed by atoms with Crippen LogP contribution in [0.4, 0.5) is 17.7 Å². The number of nitrogens with zero attached hydrogens (tertiary/aromatic N) is 4. The summed E-state index contributed by atoms with van der Waals surface area (Å²) in [7, 11) is 0. The number of nitrogens with two attached hydrogens (primary N) is 1. The van der Waals surface area contributed by atoms with Gasteiger partial charge in [-0.05, 0) is 0 Å². The maximum absolute atomic E-state index is 11.6. The summed E-state index contributed by atoms with van der Waals surface area (Å²) in [4.78, 5) is 39.1. The maximum atomic E-state index is 11.6. The highest BCUT2D eigenvalue weighted by Crippen LogP contribution is 2.17. The molecule has 0 atom stereocenters. The molecule has 11 nitrogen and oxygen atoms in total. The highest BCUT2D eigenvalue weighted by molar-refractivity contribution is 5.82. The summed E-state index contributed by atoms with van der Waals surface area (Å²) < 4.78 is 0. The highest BCUT2D eigenvalue weighted by atomic mass is 16.1. The first kappa shape index (κ1) is 11.3. The number of rotatable bonds is 2. The highest BCUT2D eigenvalue weighted by Gasteiger charge is 2.15. The first-order chi connectivity index (χ1) is 10.2. The molecule has 4 rings (SSSR count). The van der Waals surface area contributed by atoms with Crippen molar-refractivity contribution >= 4 is 40.0 Å². The number of fused-ring (bicyclic) bond motifs is 2. The number of nitrogen functional groups attached to an aromatic ring is 1. The van der Waals surface area contributed by atoms with Crippen molar-refractivity contribution in [3.05, 3.63) is 23.0 Å². The van der Waals surface area contributed by atoms with E-state index < -0.39 is 0 Å². The molecule has 0 spiro atoms. The van der Waals surface area contributed by atoms with E-state index in [1.54, 1.807) is 0 Å². The monoisotopic (exact) mass is 285 g/mol. The molecule has 0 aliphatic heterocycles. The normalized spacial score (nSPS) is 11.2. The van der Waals surface area contributed by atoms with Crippen molar-refractivity contribution in [1.29, 1.82) is 0 Å². The molecule has 0 radical (unpaired) electrons. The zero-order valence-electron chi connectivity index (χ0n) is 10.4. The molecule has 21 heavy (non-hydrogen) atoms. The van der Waals surface area contributed by atoms with Gasteiger partial charge in [-0.1, -0.05) is 4.98 Å². The number of aromatic amines is 4. The van der Waals surface area contributed by atoms with Crippen LogP contribution < -0.4 is 21.6 Å². The molecule has 11 heteroatoms. The van der Waals surface area contributed by atoms with E-state index in [2.05, 4.69) is 45.2 Å².